The van der Waals surface area contributed by atoms with Crippen molar-refractivity contribution in [2.75, 3.05) is 34.7 Å². The van der Waals surface area contributed by atoms with Crippen LogP contribution < -0.4 is 10.6 Å². The molecule has 1 heterocycles. The van der Waals surface area contributed by atoms with Crippen LogP contribution in [0.2, 0.25) is 0 Å². The predicted octanol–water partition coefficient (Wildman–Crippen LogP) is 2.35. The summed E-state index contributed by atoms with van der Waals surface area (Å²) >= 11 is 0. The molecule has 1 aromatic heterocycles. The Morgan fingerprint density at radius 2 is 1.39 bits per heavy atom. The number of imidazole rings is 1. The normalized spacial score (nSPS) is 14.2. The highest BCUT2D eigenvalue weighted by molar-refractivity contribution is 5.95. The van der Waals surface area contributed by atoms with Crippen molar-refractivity contribution in [3.63, 3.8) is 0 Å². The van der Waals surface area contributed by atoms with E-state index >= 15 is 0 Å². The quantitative estimate of drug-likeness (QED) is 0.267. The number of likely N-dealkylation sites (N-methyl/N-ethyl adjacent to an activating group) is 4. The van der Waals surface area contributed by atoms with E-state index in [4.69, 9.17) is 0 Å². The Morgan fingerprint density at radius 1 is 0.795 bits per heavy atom. The summed E-state index contributed by atoms with van der Waals surface area (Å²) in [6.07, 6.45) is 4.13. The van der Waals surface area contributed by atoms with Gasteiger partial charge >= 0.3 is 0 Å². The molecule has 0 fully saturated rings. The van der Waals surface area contributed by atoms with E-state index in [1.54, 1.807) is 40.7 Å². The fraction of sp³-hybridized carbons (Fsp3) is 0.606. The molecule has 0 aliphatic rings. The van der Waals surface area contributed by atoms with Gasteiger partial charge in [0.2, 0.25) is 23.6 Å². The average Bonchev–Trinajstić information content (AvgIpc) is 3.49. The number of rotatable bonds is 16. The second kappa shape index (κ2) is 16.9. The Morgan fingerprint density at radius 3 is 1.89 bits per heavy atom. The molecule has 2 rings (SSSR count). The van der Waals surface area contributed by atoms with Gasteiger partial charge in [-0.1, -0.05) is 71.9 Å². The first-order chi connectivity index (χ1) is 20.7. The zero-order valence-electron chi connectivity index (χ0n) is 28.1. The lowest BCUT2D eigenvalue weighted by Crippen LogP contribution is -2.61. The van der Waals surface area contributed by atoms with Crippen molar-refractivity contribution >= 4 is 23.6 Å². The van der Waals surface area contributed by atoms with Crippen LogP contribution in [0.1, 0.15) is 52.8 Å². The number of carbonyl (C=O) groups excluding carboxylic acids is 4. The molecule has 0 saturated heterocycles. The maximum atomic E-state index is 14.3. The lowest BCUT2D eigenvalue weighted by Gasteiger charge is -2.40. The molecule has 0 unspecified atom stereocenters. The number of aromatic amines is 1. The molecule has 44 heavy (non-hydrogen) atoms. The molecule has 3 N–H and O–H groups in total. The third-order valence-electron chi connectivity index (χ3n) is 8.18. The predicted molar refractivity (Wildman–Crippen MR) is 172 cm³/mol. The Bertz CT molecular complexity index is 1200. The lowest BCUT2D eigenvalue weighted by molar-refractivity contribution is -0.154. The van der Waals surface area contributed by atoms with Crippen molar-refractivity contribution in [2.24, 2.45) is 17.8 Å². The number of nitrogens with zero attached hydrogens (tertiary/aromatic N) is 4. The van der Waals surface area contributed by atoms with Gasteiger partial charge in [-0.05, 0) is 30.4 Å². The zero-order valence-corrected chi connectivity index (χ0v) is 28.1. The number of carbonyl (C=O) groups is 4. The highest BCUT2D eigenvalue weighted by Crippen LogP contribution is 2.21. The van der Waals surface area contributed by atoms with Gasteiger partial charge in [-0.3, -0.25) is 19.2 Å². The van der Waals surface area contributed by atoms with Crippen molar-refractivity contribution in [1.82, 2.24) is 35.3 Å². The summed E-state index contributed by atoms with van der Waals surface area (Å²) in [4.78, 5) is 66.8. The molecule has 11 heteroatoms. The summed E-state index contributed by atoms with van der Waals surface area (Å²) in [5.74, 6) is -1.50. The first-order valence-corrected chi connectivity index (χ1v) is 15.5. The maximum absolute atomic E-state index is 14.3. The first kappa shape index (κ1) is 36.5. The van der Waals surface area contributed by atoms with E-state index in [1.165, 1.54) is 14.7 Å². The summed E-state index contributed by atoms with van der Waals surface area (Å²) in [7, 11) is 6.61. The highest BCUT2D eigenvalue weighted by Gasteiger charge is 2.41. The molecule has 0 aliphatic heterocycles. The Balaban J connectivity index is 2.38. The monoisotopic (exact) mass is 611 g/mol. The Hall–Kier alpha value is -3.73. The highest BCUT2D eigenvalue weighted by atomic mass is 16.2. The number of H-pyrrole nitrogens is 1. The second-order valence-electron chi connectivity index (χ2n) is 12.6. The minimum Gasteiger partial charge on any atom is -0.354 e. The van der Waals surface area contributed by atoms with Gasteiger partial charge in [-0.25, -0.2) is 4.98 Å². The molecular formula is C33H53N7O4. The van der Waals surface area contributed by atoms with Crippen molar-refractivity contribution < 1.29 is 19.2 Å². The van der Waals surface area contributed by atoms with Crippen LogP contribution in [0.25, 0.3) is 0 Å². The third-order valence-corrected chi connectivity index (χ3v) is 8.18. The van der Waals surface area contributed by atoms with Crippen molar-refractivity contribution in [3.05, 3.63) is 54.1 Å². The van der Waals surface area contributed by atoms with Gasteiger partial charge in [0.15, 0.2) is 0 Å². The molecule has 0 spiro atoms. The molecule has 0 radical (unpaired) electrons. The van der Waals surface area contributed by atoms with Crippen LogP contribution in [0.15, 0.2) is 42.9 Å². The van der Waals surface area contributed by atoms with Gasteiger partial charge in [0.25, 0.3) is 0 Å². The van der Waals surface area contributed by atoms with Crippen LogP contribution in [0.4, 0.5) is 0 Å². The summed E-state index contributed by atoms with van der Waals surface area (Å²) < 4.78 is 0. The molecule has 0 aliphatic carbocycles. The summed E-state index contributed by atoms with van der Waals surface area (Å²) in [5.41, 5.74) is 1.78. The molecule has 0 saturated carbocycles. The van der Waals surface area contributed by atoms with Crippen LogP contribution in [-0.2, 0) is 32.0 Å². The smallest absolute Gasteiger partial charge is 0.246 e. The van der Waals surface area contributed by atoms with Crippen LogP contribution in [0.3, 0.4) is 0 Å². The molecule has 0 bridgehead atoms. The number of amides is 4. The molecule has 11 nitrogen and oxygen atoms in total. The van der Waals surface area contributed by atoms with Crippen LogP contribution in [-0.4, -0.2) is 107 Å². The maximum Gasteiger partial charge on any atom is 0.246 e. The lowest BCUT2D eigenvalue weighted by atomic mass is 9.95. The Kier molecular flexibility index (Phi) is 14.0. The molecule has 4 atom stereocenters. The number of aromatic nitrogens is 2. The minimum atomic E-state index is -0.899. The van der Waals surface area contributed by atoms with Gasteiger partial charge in [-0.15, -0.1) is 0 Å². The van der Waals surface area contributed by atoms with Crippen LogP contribution in [0.5, 0.6) is 0 Å². The van der Waals surface area contributed by atoms with E-state index < -0.39 is 24.2 Å². The topological polar surface area (TPSA) is 131 Å². The van der Waals surface area contributed by atoms with Gasteiger partial charge < -0.3 is 30.3 Å². The van der Waals surface area contributed by atoms with Gasteiger partial charge in [-0.2, -0.15) is 0 Å². The molecule has 2 aromatic rings. The van der Waals surface area contributed by atoms with Gasteiger partial charge in [0.1, 0.15) is 18.1 Å². The second-order valence-corrected chi connectivity index (χ2v) is 12.6. The average molecular weight is 612 g/mol. The van der Waals surface area contributed by atoms with E-state index in [0.29, 0.717) is 13.0 Å². The van der Waals surface area contributed by atoms with E-state index in [9.17, 15) is 19.2 Å². The minimum absolute atomic E-state index is 0.0234. The SMILES string of the molecule is CN[C@H](C(=O)N(C)[C@H](C(=O)N(C)[C@@H](Cc1ccccc1)C(=O)N(C)[C@H](C(=O)NCCc1cnc[nH]1)C(C)C)C(C)C)C(C)C. The van der Waals surface area contributed by atoms with Crippen molar-refractivity contribution in [3.8, 4) is 0 Å². The molecule has 1 aromatic carbocycles. The number of hydrogen-bond acceptors (Lipinski definition) is 6. The Labute approximate surface area is 263 Å². The van der Waals surface area contributed by atoms with Crippen LogP contribution in [0, 0.1) is 17.8 Å². The van der Waals surface area contributed by atoms with E-state index in [-0.39, 0.29) is 47.8 Å². The third kappa shape index (κ3) is 9.38. The molecule has 4 amide bonds. The zero-order chi connectivity index (χ0) is 33.1. The number of nitrogens with one attached hydrogen (secondary N) is 3. The van der Waals surface area contributed by atoms with Crippen molar-refractivity contribution in [2.45, 2.75) is 78.6 Å². The molecule has 244 valence electrons. The fourth-order valence-electron chi connectivity index (χ4n) is 5.73. The first-order valence-electron chi connectivity index (χ1n) is 15.5. The van der Waals surface area contributed by atoms with E-state index in [1.807, 2.05) is 71.9 Å². The largest absolute Gasteiger partial charge is 0.354 e. The fourth-order valence-corrected chi connectivity index (χ4v) is 5.73. The summed E-state index contributed by atoms with van der Waals surface area (Å²) in [5, 5.41) is 6.02. The van der Waals surface area contributed by atoms with E-state index in [0.717, 1.165) is 11.3 Å². The summed E-state index contributed by atoms with van der Waals surface area (Å²) in [6, 6.07) is 6.61. The van der Waals surface area contributed by atoms with Gasteiger partial charge in [0.05, 0.1) is 12.4 Å². The van der Waals surface area contributed by atoms with Gasteiger partial charge in [0, 0.05) is 52.4 Å². The number of benzene rings is 1. The standard InChI is InChI=1S/C33H53N7O4/c1-21(2)27(34-7)32(43)40(10)29(23(5)6)33(44)38(8)26(18-24-14-12-11-13-15-24)31(42)39(9)28(22(3)4)30(41)36-17-16-25-19-35-20-37-25/h11-15,19-23,26-29,34H,16-18H2,1-10H3,(H,35,37)(H,36,41)/t26-,27-,28-,29-/m0/s1. The van der Waals surface area contributed by atoms with Crippen molar-refractivity contribution in [1.29, 1.82) is 0 Å². The van der Waals surface area contributed by atoms with Crippen LogP contribution >= 0.6 is 0 Å². The summed E-state index contributed by atoms with van der Waals surface area (Å²) in [6.45, 7) is 11.9. The molecular weight excluding hydrogens is 558 g/mol. The van der Waals surface area contributed by atoms with E-state index in [2.05, 4.69) is 20.6 Å². The number of hydrogen-bond donors (Lipinski definition) is 3.